The van der Waals surface area contributed by atoms with Gasteiger partial charge < -0.3 is 23.7 Å². The van der Waals surface area contributed by atoms with E-state index in [0.717, 1.165) is 0 Å². The van der Waals surface area contributed by atoms with Crippen LogP contribution in [0.5, 0.6) is 0 Å². The summed E-state index contributed by atoms with van der Waals surface area (Å²) in [5.41, 5.74) is 0. The fourth-order valence-corrected chi connectivity index (χ4v) is 3.67. The summed E-state index contributed by atoms with van der Waals surface area (Å²) in [4.78, 5) is 0. The summed E-state index contributed by atoms with van der Waals surface area (Å²) >= 11 is 0. The monoisotopic (exact) mass is 304 g/mol. The number of rotatable bonds is 3. The second-order valence-corrected chi connectivity index (χ2v) is 12.4. The Morgan fingerprint density at radius 2 is 1.80 bits per heavy atom. The maximum absolute atomic E-state index is 9.52. The second-order valence-electron chi connectivity index (χ2n) is 7.67. The van der Waals surface area contributed by atoms with Crippen LogP contribution in [0.25, 0.3) is 0 Å². The summed E-state index contributed by atoms with van der Waals surface area (Å²) in [5, 5.41) is 9.62. The van der Waals surface area contributed by atoms with Crippen molar-refractivity contribution in [3.05, 3.63) is 0 Å². The number of aliphatic hydroxyl groups is 1. The quantitative estimate of drug-likeness (QED) is 0.810. The van der Waals surface area contributed by atoms with Crippen molar-refractivity contribution in [2.24, 2.45) is 0 Å². The molecular weight excluding hydrogens is 276 g/mol. The zero-order valence-corrected chi connectivity index (χ0v) is 14.6. The van der Waals surface area contributed by atoms with Crippen LogP contribution in [0.4, 0.5) is 0 Å². The highest BCUT2D eigenvalue weighted by molar-refractivity contribution is 6.74. The van der Waals surface area contributed by atoms with Crippen molar-refractivity contribution in [1.29, 1.82) is 0 Å². The minimum atomic E-state index is -1.96. The normalized spacial score (nSPS) is 37.2. The lowest BCUT2D eigenvalue weighted by Crippen LogP contribution is -2.50. The molecule has 2 heterocycles. The zero-order valence-electron chi connectivity index (χ0n) is 13.6. The van der Waals surface area contributed by atoms with E-state index < -0.39 is 20.4 Å². The predicted molar refractivity (Wildman–Crippen MR) is 77.9 cm³/mol. The van der Waals surface area contributed by atoms with Crippen molar-refractivity contribution in [2.45, 2.75) is 83.1 Å². The Labute approximate surface area is 122 Å². The van der Waals surface area contributed by atoms with Crippen molar-refractivity contribution in [1.82, 2.24) is 0 Å². The summed E-state index contributed by atoms with van der Waals surface area (Å²) in [6.45, 7) is 14.6. The molecular formula is C14H28O5Si. The van der Waals surface area contributed by atoms with E-state index in [1.54, 1.807) is 0 Å². The van der Waals surface area contributed by atoms with Gasteiger partial charge in [-0.15, -0.1) is 0 Å². The van der Waals surface area contributed by atoms with Gasteiger partial charge in [0.2, 0.25) is 0 Å². The van der Waals surface area contributed by atoms with Crippen LogP contribution in [0.2, 0.25) is 18.1 Å². The fourth-order valence-electron chi connectivity index (χ4n) is 2.35. The Morgan fingerprint density at radius 1 is 1.20 bits per heavy atom. The van der Waals surface area contributed by atoms with Gasteiger partial charge in [0.25, 0.3) is 0 Å². The largest absolute Gasteiger partial charge is 0.408 e. The van der Waals surface area contributed by atoms with Crippen LogP contribution in [-0.4, -0.2) is 50.4 Å². The molecule has 20 heavy (non-hydrogen) atoms. The van der Waals surface area contributed by atoms with Gasteiger partial charge in [-0.3, -0.25) is 0 Å². The standard InChI is InChI=1S/C14H28O5Si/c1-13(2,3)20(6,7)19-10-9(8-15)16-12-11(10)17-14(4,5)18-12/h9-12,15H,8H2,1-7H3/t9-,10+,11+,12-/m0/s1. The third kappa shape index (κ3) is 2.96. The molecule has 0 aromatic rings. The molecule has 0 aromatic carbocycles. The first-order valence-corrected chi connectivity index (χ1v) is 10.2. The molecule has 2 aliphatic heterocycles. The summed E-state index contributed by atoms with van der Waals surface area (Å²) in [6, 6.07) is 0. The molecule has 0 amide bonds. The maximum atomic E-state index is 9.52. The molecule has 0 aromatic heterocycles. The molecule has 2 rings (SSSR count). The predicted octanol–water partition coefficient (Wildman–Crippen LogP) is 2.25. The molecule has 0 saturated carbocycles. The molecule has 0 spiro atoms. The Balaban J connectivity index is 2.16. The maximum Gasteiger partial charge on any atom is 0.192 e. The summed E-state index contributed by atoms with van der Waals surface area (Å²) in [7, 11) is -1.96. The lowest BCUT2D eigenvalue weighted by Gasteiger charge is -2.40. The molecule has 2 saturated heterocycles. The smallest absolute Gasteiger partial charge is 0.192 e. The van der Waals surface area contributed by atoms with Crippen molar-refractivity contribution >= 4 is 8.32 Å². The Bertz CT molecular complexity index is 363. The second kappa shape index (κ2) is 5.03. The fraction of sp³-hybridized carbons (Fsp3) is 1.00. The van der Waals surface area contributed by atoms with Crippen molar-refractivity contribution in [3.63, 3.8) is 0 Å². The van der Waals surface area contributed by atoms with E-state index in [4.69, 9.17) is 18.6 Å². The molecule has 2 fully saturated rings. The summed E-state index contributed by atoms with van der Waals surface area (Å²) in [5.74, 6) is -0.662. The van der Waals surface area contributed by atoms with Gasteiger partial charge in [-0.1, -0.05) is 20.8 Å². The molecule has 0 unspecified atom stereocenters. The van der Waals surface area contributed by atoms with Gasteiger partial charge in [0.05, 0.1) is 6.61 Å². The first kappa shape index (κ1) is 16.4. The van der Waals surface area contributed by atoms with E-state index in [2.05, 4.69) is 33.9 Å². The highest BCUT2D eigenvalue weighted by atomic mass is 28.4. The van der Waals surface area contributed by atoms with Gasteiger partial charge >= 0.3 is 0 Å². The Morgan fingerprint density at radius 3 is 2.30 bits per heavy atom. The van der Waals surface area contributed by atoms with Crippen LogP contribution in [0.15, 0.2) is 0 Å². The van der Waals surface area contributed by atoms with Gasteiger partial charge in [0, 0.05) is 0 Å². The number of aliphatic hydroxyl groups excluding tert-OH is 1. The van der Waals surface area contributed by atoms with Crippen LogP contribution in [0.1, 0.15) is 34.6 Å². The van der Waals surface area contributed by atoms with Crippen LogP contribution < -0.4 is 0 Å². The van der Waals surface area contributed by atoms with E-state index in [1.807, 2.05) is 13.8 Å². The SMILES string of the molecule is CC1(C)O[C@@H]2O[C@@H](CO)[C@@H](O[Si](C)(C)C(C)(C)C)[C@H]2O1. The van der Waals surface area contributed by atoms with Crippen molar-refractivity contribution < 1.29 is 23.7 Å². The minimum Gasteiger partial charge on any atom is -0.408 e. The van der Waals surface area contributed by atoms with Gasteiger partial charge in [-0.2, -0.15) is 0 Å². The van der Waals surface area contributed by atoms with E-state index in [0.29, 0.717) is 0 Å². The van der Waals surface area contributed by atoms with Gasteiger partial charge in [-0.25, -0.2) is 0 Å². The molecule has 2 aliphatic rings. The molecule has 118 valence electrons. The zero-order chi connectivity index (χ0) is 15.3. The summed E-state index contributed by atoms with van der Waals surface area (Å²) < 4.78 is 23.8. The third-order valence-corrected chi connectivity index (χ3v) is 8.98. The van der Waals surface area contributed by atoms with Crippen molar-refractivity contribution in [2.75, 3.05) is 6.61 Å². The number of hydrogen-bond donors (Lipinski definition) is 1. The highest BCUT2D eigenvalue weighted by Crippen LogP contribution is 2.43. The molecule has 6 heteroatoms. The molecule has 0 radical (unpaired) electrons. The average molecular weight is 304 g/mol. The lowest BCUT2D eigenvalue weighted by atomic mass is 10.1. The first-order valence-electron chi connectivity index (χ1n) is 7.27. The van der Waals surface area contributed by atoms with Crippen molar-refractivity contribution in [3.8, 4) is 0 Å². The molecule has 1 N–H and O–H groups in total. The topological polar surface area (TPSA) is 57.2 Å². The molecule has 4 atom stereocenters. The van der Waals surface area contributed by atoms with Gasteiger partial charge in [0.1, 0.15) is 18.3 Å². The van der Waals surface area contributed by atoms with E-state index in [-0.39, 0.29) is 30.0 Å². The molecule has 0 aliphatic carbocycles. The minimum absolute atomic E-state index is 0.0839. The van der Waals surface area contributed by atoms with E-state index in [1.165, 1.54) is 0 Å². The number of fused-ring (bicyclic) bond motifs is 1. The average Bonchev–Trinajstić information content (AvgIpc) is 2.70. The number of ether oxygens (including phenoxy) is 3. The van der Waals surface area contributed by atoms with Gasteiger partial charge in [0.15, 0.2) is 20.4 Å². The third-order valence-electron chi connectivity index (χ3n) is 4.50. The Kier molecular flexibility index (Phi) is 4.13. The first-order chi connectivity index (χ1) is 8.97. The molecule has 0 bridgehead atoms. The highest BCUT2D eigenvalue weighted by Gasteiger charge is 2.57. The van der Waals surface area contributed by atoms with Crippen LogP contribution in [-0.2, 0) is 18.6 Å². The van der Waals surface area contributed by atoms with Crippen LogP contribution >= 0.6 is 0 Å². The Hall–Kier alpha value is 0.0169. The lowest BCUT2D eigenvalue weighted by molar-refractivity contribution is -0.217. The van der Waals surface area contributed by atoms with Crippen LogP contribution in [0.3, 0.4) is 0 Å². The molecule has 5 nitrogen and oxygen atoms in total. The van der Waals surface area contributed by atoms with Crippen LogP contribution in [0, 0.1) is 0 Å². The van der Waals surface area contributed by atoms with Gasteiger partial charge in [-0.05, 0) is 32.0 Å². The number of hydrogen-bond acceptors (Lipinski definition) is 5. The van der Waals surface area contributed by atoms with E-state index >= 15 is 0 Å². The van der Waals surface area contributed by atoms with E-state index in [9.17, 15) is 5.11 Å². The summed E-state index contributed by atoms with van der Waals surface area (Å²) in [6.07, 6.45) is -1.36.